The topological polar surface area (TPSA) is 71.5 Å². The zero-order valence-corrected chi connectivity index (χ0v) is 13.5. The Kier molecular flexibility index (Phi) is 4.81. The lowest BCUT2D eigenvalue weighted by Crippen LogP contribution is -2.38. The van der Waals surface area contributed by atoms with Crippen LogP contribution in [0, 0.1) is 10.1 Å². The molecule has 0 radical (unpaired) electrons. The quantitative estimate of drug-likeness (QED) is 0.495. The molecule has 1 aliphatic rings. The number of furan rings is 1. The highest BCUT2D eigenvalue weighted by atomic mass is 16.6. The molecule has 124 valence electrons. The summed E-state index contributed by atoms with van der Waals surface area (Å²) in [6, 6.07) is 5.51. The maximum atomic E-state index is 11.0. The number of likely N-dealkylation sites (tertiary alicyclic amines) is 1. The first-order valence-electron chi connectivity index (χ1n) is 8.29. The summed E-state index contributed by atoms with van der Waals surface area (Å²) in [5, 5.41) is 15.1. The van der Waals surface area contributed by atoms with Crippen LogP contribution in [0.5, 0.6) is 0 Å². The molecule has 1 aromatic carbocycles. The minimum atomic E-state index is -0.368. The number of hydrogen-bond donors (Lipinski definition) is 1. The molecule has 0 amide bonds. The fraction of sp³-hybridized carbons (Fsp3) is 0.529. The van der Waals surface area contributed by atoms with Gasteiger partial charge in [-0.25, -0.2) is 0 Å². The van der Waals surface area contributed by atoms with Crippen LogP contribution in [0.3, 0.4) is 0 Å². The second-order valence-corrected chi connectivity index (χ2v) is 6.25. The van der Waals surface area contributed by atoms with Crippen LogP contribution in [0.4, 0.5) is 11.4 Å². The molecule has 3 rings (SSSR count). The van der Waals surface area contributed by atoms with Gasteiger partial charge in [0.25, 0.3) is 5.69 Å². The molecule has 1 saturated heterocycles. The zero-order chi connectivity index (χ0) is 16.2. The standard InChI is InChI=1S/C17H23N3O3/c1-13-5-2-3-8-19(13)9-4-7-18-16-12-15(20(21)22)11-14-6-10-23-17(14)16/h6,10-13,18H,2-5,7-9H2,1H3. The summed E-state index contributed by atoms with van der Waals surface area (Å²) in [6.45, 7) is 5.31. The molecule has 1 aliphatic heterocycles. The Morgan fingerprint density at radius 2 is 2.30 bits per heavy atom. The highest BCUT2D eigenvalue weighted by molar-refractivity contribution is 5.91. The molecule has 0 aliphatic carbocycles. The smallest absolute Gasteiger partial charge is 0.272 e. The second kappa shape index (κ2) is 7.00. The van der Waals surface area contributed by atoms with Crippen LogP contribution >= 0.6 is 0 Å². The van der Waals surface area contributed by atoms with Crippen LogP contribution in [0.2, 0.25) is 0 Å². The molecule has 1 unspecified atom stereocenters. The Balaban J connectivity index is 1.60. The Morgan fingerprint density at radius 3 is 3.09 bits per heavy atom. The van der Waals surface area contributed by atoms with Crippen molar-refractivity contribution in [2.45, 2.75) is 38.6 Å². The van der Waals surface area contributed by atoms with Crippen LogP contribution in [0.25, 0.3) is 11.0 Å². The molecule has 1 aromatic heterocycles. The molecule has 23 heavy (non-hydrogen) atoms. The van der Waals surface area contributed by atoms with Crippen molar-refractivity contribution in [3.63, 3.8) is 0 Å². The molecular weight excluding hydrogens is 294 g/mol. The maximum absolute atomic E-state index is 11.0. The molecule has 2 heterocycles. The summed E-state index contributed by atoms with van der Waals surface area (Å²) in [5.41, 5.74) is 1.47. The van der Waals surface area contributed by atoms with Gasteiger partial charge in [-0.05, 0) is 38.8 Å². The molecule has 6 nitrogen and oxygen atoms in total. The lowest BCUT2D eigenvalue weighted by molar-refractivity contribution is -0.384. The summed E-state index contributed by atoms with van der Waals surface area (Å²) >= 11 is 0. The van der Waals surface area contributed by atoms with Crippen molar-refractivity contribution in [1.82, 2.24) is 4.90 Å². The van der Waals surface area contributed by atoms with Gasteiger partial charge in [0.1, 0.15) is 0 Å². The first-order valence-corrected chi connectivity index (χ1v) is 8.29. The number of piperidine rings is 1. The third-order valence-corrected chi connectivity index (χ3v) is 4.62. The van der Waals surface area contributed by atoms with E-state index in [0.717, 1.165) is 24.9 Å². The fourth-order valence-corrected chi connectivity index (χ4v) is 3.30. The number of nitro groups is 1. The number of non-ortho nitro benzene ring substituents is 1. The monoisotopic (exact) mass is 317 g/mol. The van der Waals surface area contributed by atoms with Crippen molar-refractivity contribution in [2.24, 2.45) is 0 Å². The fourth-order valence-electron chi connectivity index (χ4n) is 3.30. The normalized spacial score (nSPS) is 19.1. The maximum Gasteiger partial charge on any atom is 0.272 e. The van der Waals surface area contributed by atoms with E-state index in [1.165, 1.54) is 25.8 Å². The van der Waals surface area contributed by atoms with Crippen molar-refractivity contribution in [1.29, 1.82) is 0 Å². The minimum absolute atomic E-state index is 0.0889. The number of rotatable bonds is 6. The van der Waals surface area contributed by atoms with E-state index >= 15 is 0 Å². The lowest BCUT2D eigenvalue weighted by atomic mass is 10.0. The van der Waals surface area contributed by atoms with E-state index in [9.17, 15) is 10.1 Å². The van der Waals surface area contributed by atoms with Crippen molar-refractivity contribution in [3.8, 4) is 0 Å². The minimum Gasteiger partial charge on any atom is -0.462 e. The highest BCUT2D eigenvalue weighted by Crippen LogP contribution is 2.30. The SMILES string of the molecule is CC1CCCCN1CCCNc1cc([N+](=O)[O-])cc2ccoc12. The van der Waals surface area contributed by atoms with Crippen LogP contribution in [0.15, 0.2) is 28.9 Å². The van der Waals surface area contributed by atoms with E-state index in [2.05, 4.69) is 17.1 Å². The van der Waals surface area contributed by atoms with Gasteiger partial charge >= 0.3 is 0 Å². The van der Waals surface area contributed by atoms with Gasteiger partial charge in [-0.3, -0.25) is 10.1 Å². The van der Waals surface area contributed by atoms with Crippen molar-refractivity contribution >= 4 is 22.3 Å². The van der Waals surface area contributed by atoms with Gasteiger partial charge in [-0.1, -0.05) is 6.42 Å². The van der Waals surface area contributed by atoms with Gasteiger partial charge in [-0.2, -0.15) is 0 Å². The first-order chi connectivity index (χ1) is 11.1. The number of fused-ring (bicyclic) bond motifs is 1. The second-order valence-electron chi connectivity index (χ2n) is 6.25. The average molecular weight is 317 g/mol. The van der Waals surface area contributed by atoms with Crippen LogP contribution in [-0.2, 0) is 0 Å². The van der Waals surface area contributed by atoms with Crippen LogP contribution in [0.1, 0.15) is 32.6 Å². The number of nitrogens with zero attached hydrogens (tertiary/aromatic N) is 2. The Morgan fingerprint density at radius 1 is 1.43 bits per heavy atom. The van der Waals surface area contributed by atoms with Crippen molar-refractivity contribution < 1.29 is 9.34 Å². The Hall–Kier alpha value is -2.08. The largest absolute Gasteiger partial charge is 0.462 e. The molecular formula is C17H23N3O3. The predicted octanol–water partition coefficient (Wildman–Crippen LogP) is 4.02. The molecule has 6 heteroatoms. The Labute approximate surface area is 135 Å². The van der Waals surface area contributed by atoms with Gasteiger partial charge in [-0.15, -0.1) is 0 Å². The number of nitrogens with one attached hydrogen (secondary N) is 1. The van der Waals surface area contributed by atoms with E-state index in [0.29, 0.717) is 17.3 Å². The summed E-state index contributed by atoms with van der Waals surface area (Å²) in [4.78, 5) is 13.2. The highest BCUT2D eigenvalue weighted by Gasteiger charge is 2.17. The van der Waals surface area contributed by atoms with E-state index in [1.54, 1.807) is 24.5 Å². The summed E-state index contributed by atoms with van der Waals surface area (Å²) in [6.07, 6.45) is 6.48. The summed E-state index contributed by atoms with van der Waals surface area (Å²) in [5.74, 6) is 0. The lowest BCUT2D eigenvalue weighted by Gasteiger charge is -2.33. The molecule has 0 bridgehead atoms. The van der Waals surface area contributed by atoms with Gasteiger partial charge in [0.05, 0.1) is 16.9 Å². The van der Waals surface area contributed by atoms with Crippen LogP contribution < -0.4 is 5.32 Å². The van der Waals surface area contributed by atoms with E-state index in [-0.39, 0.29) is 10.6 Å². The molecule has 0 saturated carbocycles. The molecule has 0 spiro atoms. The predicted molar refractivity (Wildman–Crippen MR) is 90.9 cm³/mol. The number of hydrogen-bond acceptors (Lipinski definition) is 5. The number of anilines is 1. The van der Waals surface area contributed by atoms with Gasteiger partial charge in [0.15, 0.2) is 5.58 Å². The van der Waals surface area contributed by atoms with Gasteiger partial charge in [0, 0.05) is 36.7 Å². The molecule has 2 aromatic rings. The van der Waals surface area contributed by atoms with E-state index < -0.39 is 0 Å². The zero-order valence-electron chi connectivity index (χ0n) is 13.5. The molecule has 1 N–H and O–H groups in total. The van der Waals surface area contributed by atoms with Crippen molar-refractivity contribution in [3.05, 3.63) is 34.6 Å². The average Bonchev–Trinajstić information content (AvgIpc) is 3.01. The van der Waals surface area contributed by atoms with Crippen LogP contribution in [-0.4, -0.2) is 35.5 Å². The van der Waals surface area contributed by atoms with Crippen molar-refractivity contribution in [2.75, 3.05) is 25.0 Å². The molecule has 1 fully saturated rings. The third-order valence-electron chi connectivity index (χ3n) is 4.62. The number of nitro benzene ring substituents is 1. The first kappa shape index (κ1) is 15.8. The summed E-state index contributed by atoms with van der Waals surface area (Å²) in [7, 11) is 0. The van der Waals surface area contributed by atoms with Gasteiger partial charge in [0.2, 0.25) is 0 Å². The molecule has 1 atom stereocenters. The third kappa shape index (κ3) is 3.64. The summed E-state index contributed by atoms with van der Waals surface area (Å²) < 4.78 is 5.45. The van der Waals surface area contributed by atoms with E-state index in [4.69, 9.17) is 4.42 Å². The number of benzene rings is 1. The van der Waals surface area contributed by atoms with E-state index in [1.807, 2.05) is 0 Å². The Bertz CT molecular complexity index is 683. The van der Waals surface area contributed by atoms with Gasteiger partial charge < -0.3 is 14.6 Å².